The Kier molecular flexibility index (Phi) is 11.0. The maximum Gasteiger partial charge on any atom is 0.326 e. The van der Waals surface area contributed by atoms with E-state index in [1.165, 1.54) is 0 Å². The molecule has 11 N–H and O–H groups in total. The van der Waals surface area contributed by atoms with Crippen LogP contribution in [-0.4, -0.2) is 69.8 Å². The Morgan fingerprint density at radius 2 is 1.38 bits per heavy atom. The normalized spacial score (nSPS) is 14.2. The van der Waals surface area contributed by atoms with E-state index in [9.17, 15) is 33.9 Å². The Balaban J connectivity index is 2.33. The summed E-state index contributed by atoms with van der Waals surface area (Å²) in [5.74, 6) is -5.79. The molecule has 0 radical (unpaired) electrons. The SMILES string of the molecule is CC(C)CC(N)C(=O)NC(CC(N)=O)C(=O)NC(Cc1c[nH]c2ccccc12)C(=O)NC(CC(N)=O)C(=O)O. The number of nitrogens with two attached hydrogens (primary N) is 3. The molecule has 2 rings (SSSR count). The first-order valence-electron chi connectivity index (χ1n) is 12.3. The van der Waals surface area contributed by atoms with Crippen molar-refractivity contribution in [1.82, 2.24) is 20.9 Å². The van der Waals surface area contributed by atoms with Gasteiger partial charge in [0.15, 0.2) is 0 Å². The summed E-state index contributed by atoms with van der Waals surface area (Å²) >= 11 is 0. The van der Waals surface area contributed by atoms with E-state index in [1.807, 2.05) is 13.8 Å². The molecule has 0 bridgehead atoms. The molecule has 0 saturated carbocycles. The predicted molar refractivity (Wildman–Crippen MR) is 140 cm³/mol. The number of rotatable bonds is 15. The number of nitrogens with one attached hydrogen (secondary N) is 4. The van der Waals surface area contributed by atoms with E-state index in [-0.39, 0.29) is 12.3 Å². The molecule has 0 aliphatic rings. The van der Waals surface area contributed by atoms with Gasteiger partial charge < -0.3 is 43.2 Å². The number of para-hydroxylation sites is 1. The van der Waals surface area contributed by atoms with Crippen molar-refractivity contribution in [2.45, 2.75) is 63.7 Å². The fraction of sp³-hybridized carbons (Fsp3) is 0.440. The number of aliphatic carboxylic acids is 1. The molecule has 5 amide bonds. The zero-order chi connectivity index (χ0) is 29.3. The zero-order valence-electron chi connectivity index (χ0n) is 21.7. The first-order valence-corrected chi connectivity index (χ1v) is 12.3. The van der Waals surface area contributed by atoms with Crippen LogP contribution in [-0.2, 0) is 35.2 Å². The summed E-state index contributed by atoms with van der Waals surface area (Å²) < 4.78 is 0. The minimum absolute atomic E-state index is 0.0843. The minimum atomic E-state index is -1.65. The van der Waals surface area contributed by atoms with E-state index in [1.54, 1.807) is 30.5 Å². The molecule has 0 fully saturated rings. The van der Waals surface area contributed by atoms with Crippen LogP contribution in [0.5, 0.6) is 0 Å². The number of amides is 5. The predicted octanol–water partition coefficient (Wildman–Crippen LogP) is -1.63. The molecular weight excluding hydrogens is 510 g/mol. The van der Waals surface area contributed by atoms with Crippen molar-refractivity contribution in [1.29, 1.82) is 0 Å². The van der Waals surface area contributed by atoms with Gasteiger partial charge in [0.1, 0.15) is 18.1 Å². The van der Waals surface area contributed by atoms with Crippen LogP contribution in [0.4, 0.5) is 0 Å². The fourth-order valence-electron chi connectivity index (χ4n) is 3.98. The van der Waals surface area contributed by atoms with Crippen molar-refractivity contribution in [2.75, 3.05) is 0 Å². The molecule has 2 aromatic rings. The number of hydrogen-bond acceptors (Lipinski definition) is 7. The zero-order valence-corrected chi connectivity index (χ0v) is 21.7. The summed E-state index contributed by atoms with van der Waals surface area (Å²) in [6.07, 6.45) is 0.589. The maximum absolute atomic E-state index is 13.2. The fourth-order valence-corrected chi connectivity index (χ4v) is 3.98. The first-order chi connectivity index (χ1) is 18.3. The number of carboxylic acids is 1. The standard InChI is InChI=1S/C25H35N7O7/c1-12(2)7-15(26)22(35)30-18(9-20(27)33)24(37)31-17(23(36)32-19(25(38)39)10-21(28)34)8-13-11-29-16-6-4-3-5-14(13)16/h3-6,11-12,15,17-19,29H,7-10,26H2,1-2H3,(H2,27,33)(H2,28,34)(H,30,35)(H,31,37)(H,32,36)(H,38,39). The number of aromatic nitrogens is 1. The number of aromatic amines is 1. The summed E-state index contributed by atoms with van der Waals surface area (Å²) in [7, 11) is 0. The van der Waals surface area contributed by atoms with Gasteiger partial charge in [0.2, 0.25) is 29.5 Å². The quantitative estimate of drug-likeness (QED) is 0.129. The number of fused-ring (bicyclic) bond motifs is 1. The van der Waals surface area contributed by atoms with Gasteiger partial charge in [0.05, 0.1) is 18.9 Å². The molecular formula is C25H35N7O7. The number of carboxylic acid groups (broad SMARTS) is 1. The molecule has 4 unspecified atom stereocenters. The van der Waals surface area contributed by atoms with E-state index in [2.05, 4.69) is 20.9 Å². The van der Waals surface area contributed by atoms with Gasteiger partial charge in [-0.05, 0) is 24.0 Å². The molecule has 0 saturated heterocycles. The molecule has 14 heteroatoms. The number of H-pyrrole nitrogens is 1. The molecule has 0 aliphatic carbocycles. The van der Waals surface area contributed by atoms with Gasteiger partial charge in [-0.15, -0.1) is 0 Å². The van der Waals surface area contributed by atoms with Gasteiger partial charge in [0, 0.05) is 23.5 Å². The monoisotopic (exact) mass is 545 g/mol. The van der Waals surface area contributed by atoms with Crippen molar-refractivity contribution in [3.63, 3.8) is 0 Å². The summed E-state index contributed by atoms with van der Waals surface area (Å²) in [5.41, 5.74) is 17.6. The summed E-state index contributed by atoms with van der Waals surface area (Å²) in [6.45, 7) is 3.72. The Morgan fingerprint density at radius 3 is 1.97 bits per heavy atom. The Hall–Kier alpha value is -4.46. The van der Waals surface area contributed by atoms with Crippen LogP contribution >= 0.6 is 0 Å². The van der Waals surface area contributed by atoms with Gasteiger partial charge in [-0.25, -0.2) is 4.79 Å². The lowest BCUT2D eigenvalue weighted by Gasteiger charge is -2.25. The lowest BCUT2D eigenvalue weighted by molar-refractivity contribution is -0.143. The molecule has 1 heterocycles. The van der Waals surface area contributed by atoms with Crippen LogP contribution in [0.1, 0.15) is 38.7 Å². The third kappa shape index (κ3) is 9.41. The Labute approximate surface area is 224 Å². The topological polar surface area (TPSA) is 253 Å². The minimum Gasteiger partial charge on any atom is -0.480 e. The van der Waals surface area contributed by atoms with E-state index < -0.39 is 72.5 Å². The number of primary amides is 2. The highest BCUT2D eigenvalue weighted by molar-refractivity contribution is 5.97. The molecule has 0 aliphatic heterocycles. The van der Waals surface area contributed by atoms with Crippen molar-refractivity contribution < 1.29 is 33.9 Å². The maximum atomic E-state index is 13.2. The van der Waals surface area contributed by atoms with Crippen LogP contribution in [0.25, 0.3) is 10.9 Å². The van der Waals surface area contributed by atoms with Gasteiger partial charge in [-0.2, -0.15) is 0 Å². The number of hydrogen-bond donors (Lipinski definition) is 8. The number of carbonyl (C=O) groups is 6. The number of carbonyl (C=O) groups excluding carboxylic acids is 5. The van der Waals surface area contributed by atoms with Crippen LogP contribution < -0.4 is 33.2 Å². The van der Waals surface area contributed by atoms with Crippen molar-refractivity contribution in [3.05, 3.63) is 36.0 Å². The second-order valence-corrected chi connectivity index (χ2v) is 9.66. The third-order valence-electron chi connectivity index (χ3n) is 5.85. The largest absolute Gasteiger partial charge is 0.480 e. The van der Waals surface area contributed by atoms with Crippen LogP contribution in [0.2, 0.25) is 0 Å². The Morgan fingerprint density at radius 1 is 0.846 bits per heavy atom. The first kappa shape index (κ1) is 30.8. The summed E-state index contributed by atoms with van der Waals surface area (Å²) in [4.78, 5) is 76.5. The van der Waals surface area contributed by atoms with Gasteiger partial charge in [0.25, 0.3) is 0 Å². The average molecular weight is 546 g/mol. The van der Waals surface area contributed by atoms with E-state index >= 15 is 0 Å². The molecule has 4 atom stereocenters. The van der Waals surface area contributed by atoms with Crippen molar-refractivity contribution >= 4 is 46.4 Å². The average Bonchev–Trinajstić information content (AvgIpc) is 3.24. The third-order valence-corrected chi connectivity index (χ3v) is 5.85. The van der Waals surface area contributed by atoms with Crippen LogP contribution in [0.15, 0.2) is 30.5 Å². The van der Waals surface area contributed by atoms with E-state index in [0.29, 0.717) is 12.0 Å². The van der Waals surface area contributed by atoms with Crippen molar-refractivity contribution in [2.24, 2.45) is 23.1 Å². The molecule has 1 aromatic heterocycles. The van der Waals surface area contributed by atoms with Crippen LogP contribution in [0.3, 0.4) is 0 Å². The van der Waals surface area contributed by atoms with Gasteiger partial charge in [-0.3, -0.25) is 24.0 Å². The smallest absolute Gasteiger partial charge is 0.326 e. The highest BCUT2D eigenvalue weighted by Gasteiger charge is 2.32. The Bertz CT molecular complexity index is 1230. The molecule has 14 nitrogen and oxygen atoms in total. The highest BCUT2D eigenvalue weighted by atomic mass is 16.4. The summed E-state index contributed by atoms with van der Waals surface area (Å²) in [6, 6.07) is 1.75. The second kappa shape index (κ2) is 13.9. The molecule has 39 heavy (non-hydrogen) atoms. The second-order valence-electron chi connectivity index (χ2n) is 9.66. The highest BCUT2D eigenvalue weighted by Crippen LogP contribution is 2.19. The lowest BCUT2D eigenvalue weighted by atomic mass is 10.0. The van der Waals surface area contributed by atoms with E-state index in [0.717, 1.165) is 10.9 Å². The lowest BCUT2D eigenvalue weighted by Crippen LogP contribution is -2.58. The van der Waals surface area contributed by atoms with Crippen molar-refractivity contribution in [3.8, 4) is 0 Å². The number of benzene rings is 1. The van der Waals surface area contributed by atoms with E-state index in [4.69, 9.17) is 17.2 Å². The van der Waals surface area contributed by atoms with Crippen LogP contribution in [0, 0.1) is 5.92 Å². The molecule has 0 spiro atoms. The van der Waals surface area contributed by atoms with Gasteiger partial charge >= 0.3 is 5.97 Å². The molecule has 1 aromatic carbocycles. The van der Waals surface area contributed by atoms with Gasteiger partial charge in [-0.1, -0.05) is 32.0 Å². The summed E-state index contributed by atoms with van der Waals surface area (Å²) in [5, 5.41) is 17.2. The molecule has 212 valence electrons.